The van der Waals surface area contributed by atoms with Crippen LogP contribution in [-0.2, 0) is 9.59 Å². The average molecular weight is 212 g/mol. The number of carbonyl (C=O) groups is 2. The number of carbonyl (C=O) groups excluding carboxylic acids is 1. The molecule has 0 bridgehead atoms. The van der Waals surface area contributed by atoms with E-state index in [0.29, 0.717) is 19.4 Å². The van der Waals surface area contributed by atoms with E-state index in [0.717, 1.165) is 6.42 Å². The highest BCUT2D eigenvalue weighted by Crippen LogP contribution is 2.18. The van der Waals surface area contributed by atoms with Gasteiger partial charge in [0.15, 0.2) is 0 Å². The van der Waals surface area contributed by atoms with Crippen LogP contribution in [0.25, 0.3) is 0 Å². The molecule has 5 heteroatoms. The van der Waals surface area contributed by atoms with Crippen molar-refractivity contribution in [3.8, 4) is 0 Å². The number of likely N-dealkylation sites (tertiary alicyclic amines) is 1. The van der Waals surface area contributed by atoms with E-state index >= 15 is 0 Å². The predicted molar refractivity (Wildman–Crippen MR) is 55.2 cm³/mol. The summed E-state index contributed by atoms with van der Waals surface area (Å²) in [6.45, 7) is 3.98. The second kappa shape index (κ2) is 4.93. The SMILES string of the molecule is C=CCC(N)C(=O)N1CCCC1C(=O)O. The minimum absolute atomic E-state index is 0.292. The maximum atomic E-state index is 11.7. The van der Waals surface area contributed by atoms with E-state index in [9.17, 15) is 9.59 Å². The van der Waals surface area contributed by atoms with Crippen LogP contribution in [0.3, 0.4) is 0 Å². The Morgan fingerprint density at radius 3 is 2.87 bits per heavy atom. The Hall–Kier alpha value is -1.36. The van der Waals surface area contributed by atoms with Crippen molar-refractivity contribution in [2.75, 3.05) is 6.54 Å². The number of nitrogens with zero attached hydrogens (tertiary/aromatic N) is 1. The van der Waals surface area contributed by atoms with E-state index < -0.39 is 18.1 Å². The van der Waals surface area contributed by atoms with Crippen molar-refractivity contribution in [1.29, 1.82) is 0 Å². The highest BCUT2D eigenvalue weighted by molar-refractivity contribution is 5.87. The Balaban J connectivity index is 2.65. The fraction of sp³-hybridized carbons (Fsp3) is 0.600. The maximum Gasteiger partial charge on any atom is 0.326 e. The van der Waals surface area contributed by atoms with Gasteiger partial charge in [-0.15, -0.1) is 6.58 Å². The first-order valence-electron chi connectivity index (χ1n) is 4.97. The van der Waals surface area contributed by atoms with Crippen molar-refractivity contribution in [1.82, 2.24) is 4.90 Å². The predicted octanol–water partition coefficient (Wildman–Crippen LogP) is -0.0346. The first kappa shape index (κ1) is 11.7. The quantitative estimate of drug-likeness (QED) is 0.641. The number of amides is 1. The zero-order valence-electron chi connectivity index (χ0n) is 8.56. The van der Waals surface area contributed by atoms with Gasteiger partial charge in [0.05, 0.1) is 6.04 Å². The molecular formula is C10H16N2O3. The lowest BCUT2D eigenvalue weighted by atomic mass is 10.1. The van der Waals surface area contributed by atoms with Gasteiger partial charge in [0.1, 0.15) is 6.04 Å². The molecule has 0 aromatic rings. The molecule has 2 unspecified atom stereocenters. The van der Waals surface area contributed by atoms with Crippen LogP contribution in [-0.4, -0.2) is 40.5 Å². The maximum absolute atomic E-state index is 11.7. The van der Waals surface area contributed by atoms with Crippen molar-refractivity contribution >= 4 is 11.9 Å². The molecule has 84 valence electrons. The Labute approximate surface area is 88.5 Å². The van der Waals surface area contributed by atoms with Gasteiger partial charge in [0.25, 0.3) is 0 Å². The van der Waals surface area contributed by atoms with Crippen molar-refractivity contribution in [3.05, 3.63) is 12.7 Å². The van der Waals surface area contributed by atoms with Gasteiger partial charge < -0.3 is 15.7 Å². The molecule has 1 rings (SSSR count). The van der Waals surface area contributed by atoms with Crippen LogP contribution in [0.15, 0.2) is 12.7 Å². The second-order valence-corrected chi connectivity index (χ2v) is 3.66. The van der Waals surface area contributed by atoms with Gasteiger partial charge in [-0.2, -0.15) is 0 Å². The third kappa shape index (κ3) is 2.56. The molecule has 15 heavy (non-hydrogen) atoms. The van der Waals surface area contributed by atoms with E-state index in [4.69, 9.17) is 10.8 Å². The zero-order valence-corrected chi connectivity index (χ0v) is 8.56. The lowest BCUT2D eigenvalue weighted by molar-refractivity contribution is -0.148. The summed E-state index contributed by atoms with van der Waals surface area (Å²) in [5.41, 5.74) is 5.61. The molecule has 0 saturated carbocycles. The van der Waals surface area contributed by atoms with Gasteiger partial charge in [-0.3, -0.25) is 4.79 Å². The van der Waals surface area contributed by atoms with Crippen LogP contribution < -0.4 is 5.73 Å². The molecule has 0 spiro atoms. The van der Waals surface area contributed by atoms with E-state index in [1.165, 1.54) is 4.90 Å². The largest absolute Gasteiger partial charge is 0.480 e. The van der Waals surface area contributed by atoms with Gasteiger partial charge in [-0.1, -0.05) is 6.08 Å². The van der Waals surface area contributed by atoms with Gasteiger partial charge >= 0.3 is 5.97 Å². The van der Waals surface area contributed by atoms with Crippen LogP contribution in [0.4, 0.5) is 0 Å². The third-order valence-corrected chi connectivity index (χ3v) is 2.56. The van der Waals surface area contributed by atoms with Crippen LogP contribution in [0.1, 0.15) is 19.3 Å². The molecule has 5 nitrogen and oxygen atoms in total. The van der Waals surface area contributed by atoms with E-state index in [1.54, 1.807) is 6.08 Å². The van der Waals surface area contributed by atoms with Crippen molar-refractivity contribution < 1.29 is 14.7 Å². The minimum Gasteiger partial charge on any atom is -0.480 e. The number of carboxylic acid groups (broad SMARTS) is 1. The number of aliphatic carboxylic acids is 1. The summed E-state index contributed by atoms with van der Waals surface area (Å²) < 4.78 is 0. The minimum atomic E-state index is -0.952. The van der Waals surface area contributed by atoms with Crippen molar-refractivity contribution in [3.63, 3.8) is 0 Å². The summed E-state index contributed by atoms with van der Waals surface area (Å²) in [6, 6.07) is -1.36. The summed E-state index contributed by atoms with van der Waals surface area (Å²) >= 11 is 0. The fourth-order valence-corrected chi connectivity index (χ4v) is 1.78. The second-order valence-electron chi connectivity index (χ2n) is 3.66. The van der Waals surface area contributed by atoms with Crippen LogP contribution in [0, 0.1) is 0 Å². The van der Waals surface area contributed by atoms with Crippen molar-refractivity contribution in [2.24, 2.45) is 5.73 Å². The fourth-order valence-electron chi connectivity index (χ4n) is 1.78. The Morgan fingerprint density at radius 1 is 1.67 bits per heavy atom. The molecule has 1 amide bonds. The van der Waals surface area contributed by atoms with Gasteiger partial charge in [-0.25, -0.2) is 4.79 Å². The number of hydrogen-bond acceptors (Lipinski definition) is 3. The summed E-state index contributed by atoms with van der Waals surface area (Å²) in [5, 5.41) is 8.89. The number of rotatable bonds is 4. The third-order valence-electron chi connectivity index (χ3n) is 2.56. The molecular weight excluding hydrogens is 196 g/mol. The van der Waals surface area contributed by atoms with Gasteiger partial charge in [-0.05, 0) is 19.3 Å². The zero-order chi connectivity index (χ0) is 11.4. The normalized spacial score (nSPS) is 22.5. The first-order valence-corrected chi connectivity index (χ1v) is 4.97. The molecule has 3 N–H and O–H groups in total. The molecule has 0 radical (unpaired) electrons. The van der Waals surface area contributed by atoms with Gasteiger partial charge in [0, 0.05) is 6.54 Å². The lowest BCUT2D eigenvalue weighted by Gasteiger charge is -2.24. The van der Waals surface area contributed by atoms with E-state index in [2.05, 4.69) is 6.58 Å². The number of hydrogen-bond donors (Lipinski definition) is 2. The van der Waals surface area contributed by atoms with E-state index in [1.807, 2.05) is 0 Å². The first-order chi connectivity index (χ1) is 7.07. The van der Waals surface area contributed by atoms with Crippen LogP contribution in [0.2, 0.25) is 0 Å². The summed E-state index contributed by atoms with van der Waals surface area (Å²) in [5.74, 6) is -1.24. The number of nitrogens with two attached hydrogens (primary N) is 1. The Kier molecular flexibility index (Phi) is 3.85. The molecule has 2 atom stereocenters. The van der Waals surface area contributed by atoms with Gasteiger partial charge in [0.2, 0.25) is 5.91 Å². The Bertz CT molecular complexity index is 278. The molecule has 0 aromatic heterocycles. The number of carboxylic acids is 1. The van der Waals surface area contributed by atoms with Crippen LogP contribution in [0.5, 0.6) is 0 Å². The smallest absolute Gasteiger partial charge is 0.326 e. The molecule has 0 aromatic carbocycles. The Morgan fingerprint density at radius 2 is 2.33 bits per heavy atom. The standard InChI is InChI=1S/C10H16N2O3/c1-2-4-7(11)9(13)12-6-3-5-8(12)10(14)15/h2,7-8H,1,3-6,11H2,(H,14,15). The summed E-state index contributed by atoms with van der Waals surface area (Å²) in [4.78, 5) is 23.9. The molecule has 1 fully saturated rings. The molecule has 0 aliphatic carbocycles. The molecule has 1 aliphatic rings. The topological polar surface area (TPSA) is 83.6 Å². The van der Waals surface area contributed by atoms with Crippen molar-refractivity contribution in [2.45, 2.75) is 31.3 Å². The van der Waals surface area contributed by atoms with Crippen LogP contribution >= 0.6 is 0 Å². The highest BCUT2D eigenvalue weighted by atomic mass is 16.4. The highest BCUT2D eigenvalue weighted by Gasteiger charge is 2.35. The van der Waals surface area contributed by atoms with E-state index in [-0.39, 0.29) is 5.91 Å². The summed E-state index contributed by atoms with van der Waals surface area (Å²) in [7, 11) is 0. The lowest BCUT2D eigenvalue weighted by Crippen LogP contribution is -2.48. The average Bonchev–Trinajstić information content (AvgIpc) is 2.65. The monoisotopic (exact) mass is 212 g/mol. The molecule has 1 saturated heterocycles. The summed E-state index contributed by atoms with van der Waals surface area (Å²) in [6.07, 6.45) is 3.18. The molecule has 1 heterocycles. The molecule has 1 aliphatic heterocycles.